The van der Waals surface area contributed by atoms with Crippen molar-refractivity contribution in [2.45, 2.75) is 12.5 Å². The largest absolute Gasteiger partial charge is 0.314 e. The number of rotatable bonds is 2. The van der Waals surface area contributed by atoms with Crippen LogP contribution in [-0.2, 0) is 10.0 Å². The third-order valence-corrected chi connectivity index (χ3v) is 4.54. The van der Waals surface area contributed by atoms with Crippen LogP contribution in [0.25, 0.3) is 0 Å². The molecule has 0 bridgehead atoms. The van der Waals surface area contributed by atoms with Gasteiger partial charge in [0, 0.05) is 38.8 Å². The molecule has 0 amide bonds. The Morgan fingerprint density at radius 1 is 1.13 bits per heavy atom. The molecule has 2 heterocycles. The van der Waals surface area contributed by atoms with Gasteiger partial charge in [-0.05, 0) is 13.0 Å². The van der Waals surface area contributed by atoms with Crippen molar-refractivity contribution < 1.29 is 8.42 Å². The molecule has 88 valence electrons. The molecule has 0 aromatic heterocycles. The van der Waals surface area contributed by atoms with Crippen LogP contribution in [0.4, 0.5) is 0 Å². The highest BCUT2D eigenvalue weighted by Gasteiger charge is 2.28. The van der Waals surface area contributed by atoms with Gasteiger partial charge in [-0.15, -0.1) is 0 Å². The van der Waals surface area contributed by atoms with Crippen LogP contribution in [0.2, 0.25) is 0 Å². The molecule has 2 rings (SSSR count). The summed E-state index contributed by atoms with van der Waals surface area (Å²) >= 11 is 0. The summed E-state index contributed by atoms with van der Waals surface area (Å²) in [6.45, 7) is 5.33. The van der Waals surface area contributed by atoms with Gasteiger partial charge in [-0.2, -0.15) is 0 Å². The predicted molar refractivity (Wildman–Crippen MR) is 59.3 cm³/mol. The van der Waals surface area contributed by atoms with Gasteiger partial charge in [-0.1, -0.05) is 0 Å². The zero-order chi connectivity index (χ0) is 10.9. The third kappa shape index (κ3) is 2.69. The van der Waals surface area contributed by atoms with Crippen molar-refractivity contribution >= 4 is 10.0 Å². The maximum atomic E-state index is 11.4. The summed E-state index contributed by atoms with van der Waals surface area (Å²) < 4.78 is 24.4. The van der Waals surface area contributed by atoms with Crippen molar-refractivity contribution in [2.24, 2.45) is 0 Å². The highest BCUT2D eigenvalue weighted by atomic mass is 32.2. The predicted octanol–water partition coefficient (Wildman–Crippen LogP) is -1.07. The molecule has 1 N–H and O–H groups in total. The maximum Gasteiger partial charge on any atom is 0.211 e. The summed E-state index contributed by atoms with van der Waals surface area (Å²) in [5, 5.41) is 3.25. The minimum absolute atomic E-state index is 0.629. The molecule has 0 spiro atoms. The van der Waals surface area contributed by atoms with Crippen LogP contribution in [0.5, 0.6) is 0 Å². The Labute approximate surface area is 91.5 Å². The number of nitrogens with zero attached hydrogens (tertiary/aromatic N) is 2. The van der Waals surface area contributed by atoms with Crippen molar-refractivity contribution in [3.63, 3.8) is 0 Å². The number of hydrogen-bond acceptors (Lipinski definition) is 4. The van der Waals surface area contributed by atoms with Gasteiger partial charge in [0.25, 0.3) is 0 Å². The Morgan fingerprint density at radius 3 is 2.40 bits per heavy atom. The van der Waals surface area contributed by atoms with E-state index in [9.17, 15) is 8.42 Å². The molecule has 6 heteroatoms. The van der Waals surface area contributed by atoms with E-state index in [1.165, 1.54) is 6.26 Å². The van der Waals surface area contributed by atoms with Crippen LogP contribution < -0.4 is 5.32 Å². The standard InChI is InChI=1S/C9H19N3O2S/c1-15(13,14)12-4-2-3-11(5-6-12)9-7-10-8-9/h9-10H,2-8H2,1H3. The summed E-state index contributed by atoms with van der Waals surface area (Å²) in [4.78, 5) is 2.40. The third-order valence-electron chi connectivity index (χ3n) is 3.23. The summed E-state index contributed by atoms with van der Waals surface area (Å²) in [6, 6.07) is 0.629. The lowest BCUT2D eigenvalue weighted by Crippen LogP contribution is -2.57. The average Bonchev–Trinajstić information content (AvgIpc) is 2.25. The van der Waals surface area contributed by atoms with Crippen LogP contribution in [0.15, 0.2) is 0 Å². The fourth-order valence-corrected chi connectivity index (χ4v) is 3.02. The monoisotopic (exact) mass is 233 g/mol. The van der Waals surface area contributed by atoms with E-state index < -0.39 is 10.0 Å². The highest BCUT2D eigenvalue weighted by molar-refractivity contribution is 7.88. The molecule has 0 saturated carbocycles. The van der Waals surface area contributed by atoms with Gasteiger partial charge in [0.2, 0.25) is 10.0 Å². The first-order valence-electron chi connectivity index (χ1n) is 5.47. The van der Waals surface area contributed by atoms with Crippen LogP contribution in [0, 0.1) is 0 Å². The van der Waals surface area contributed by atoms with Gasteiger partial charge in [0.15, 0.2) is 0 Å². The van der Waals surface area contributed by atoms with E-state index in [1.807, 2.05) is 0 Å². The SMILES string of the molecule is CS(=O)(=O)N1CCCN(C2CNC2)CC1. The van der Waals surface area contributed by atoms with E-state index in [0.29, 0.717) is 19.1 Å². The normalized spacial score (nSPS) is 27.3. The summed E-state index contributed by atoms with van der Waals surface area (Å²) in [5.74, 6) is 0. The van der Waals surface area contributed by atoms with Crippen LogP contribution in [-0.4, -0.2) is 69.2 Å². The highest BCUT2D eigenvalue weighted by Crippen LogP contribution is 2.11. The lowest BCUT2D eigenvalue weighted by Gasteiger charge is -2.37. The van der Waals surface area contributed by atoms with Crippen molar-refractivity contribution in [1.82, 2.24) is 14.5 Å². The van der Waals surface area contributed by atoms with E-state index in [4.69, 9.17) is 0 Å². The fraction of sp³-hybridized carbons (Fsp3) is 1.00. The minimum Gasteiger partial charge on any atom is -0.314 e. The molecule has 5 nitrogen and oxygen atoms in total. The zero-order valence-corrected chi connectivity index (χ0v) is 9.96. The van der Waals surface area contributed by atoms with Crippen LogP contribution in [0.1, 0.15) is 6.42 Å². The fourth-order valence-electron chi connectivity index (χ4n) is 2.14. The summed E-state index contributed by atoms with van der Waals surface area (Å²) in [5.41, 5.74) is 0. The molecule has 0 atom stereocenters. The second kappa shape index (κ2) is 4.37. The van der Waals surface area contributed by atoms with Crippen molar-refractivity contribution in [1.29, 1.82) is 0 Å². The molecule has 0 unspecified atom stereocenters. The molecular formula is C9H19N3O2S. The first kappa shape index (κ1) is 11.3. The smallest absolute Gasteiger partial charge is 0.211 e. The molecule has 2 fully saturated rings. The quantitative estimate of drug-likeness (QED) is 0.659. The Balaban J connectivity index is 1.91. The van der Waals surface area contributed by atoms with Gasteiger partial charge < -0.3 is 5.32 Å². The molecule has 0 aromatic rings. The average molecular weight is 233 g/mol. The summed E-state index contributed by atoms with van der Waals surface area (Å²) in [6.07, 6.45) is 2.25. The van der Waals surface area contributed by atoms with Crippen LogP contribution in [0.3, 0.4) is 0 Å². The topological polar surface area (TPSA) is 52.7 Å². The lowest BCUT2D eigenvalue weighted by molar-refractivity contribution is 0.153. The summed E-state index contributed by atoms with van der Waals surface area (Å²) in [7, 11) is -3.00. The minimum atomic E-state index is -3.00. The Morgan fingerprint density at radius 2 is 1.87 bits per heavy atom. The van der Waals surface area contributed by atoms with Gasteiger partial charge in [0.1, 0.15) is 0 Å². The van der Waals surface area contributed by atoms with E-state index in [1.54, 1.807) is 4.31 Å². The Hall–Kier alpha value is -0.170. The Kier molecular flexibility index (Phi) is 3.30. The van der Waals surface area contributed by atoms with Gasteiger partial charge in [-0.25, -0.2) is 12.7 Å². The van der Waals surface area contributed by atoms with Gasteiger partial charge in [0.05, 0.1) is 6.26 Å². The van der Waals surface area contributed by atoms with Crippen molar-refractivity contribution in [3.05, 3.63) is 0 Å². The molecule has 2 aliphatic heterocycles. The molecule has 0 aliphatic carbocycles. The molecular weight excluding hydrogens is 214 g/mol. The van der Waals surface area contributed by atoms with Gasteiger partial charge >= 0.3 is 0 Å². The van der Waals surface area contributed by atoms with E-state index in [-0.39, 0.29) is 0 Å². The second-order valence-electron chi connectivity index (χ2n) is 4.36. The molecule has 0 aromatic carbocycles. The molecule has 2 saturated heterocycles. The van der Waals surface area contributed by atoms with Crippen LogP contribution >= 0.6 is 0 Å². The lowest BCUT2D eigenvalue weighted by atomic mass is 10.1. The molecule has 15 heavy (non-hydrogen) atoms. The number of sulfonamides is 1. The van der Waals surface area contributed by atoms with E-state index in [0.717, 1.165) is 32.6 Å². The zero-order valence-electron chi connectivity index (χ0n) is 9.15. The number of nitrogens with one attached hydrogen (secondary N) is 1. The number of hydrogen-bond donors (Lipinski definition) is 1. The first-order valence-corrected chi connectivity index (χ1v) is 7.32. The van der Waals surface area contributed by atoms with Crippen molar-refractivity contribution in [2.75, 3.05) is 45.5 Å². The first-order chi connectivity index (χ1) is 7.07. The maximum absolute atomic E-state index is 11.4. The van der Waals surface area contributed by atoms with E-state index >= 15 is 0 Å². The second-order valence-corrected chi connectivity index (χ2v) is 6.35. The van der Waals surface area contributed by atoms with Gasteiger partial charge in [-0.3, -0.25) is 4.90 Å². The van der Waals surface area contributed by atoms with E-state index in [2.05, 4.69) is 10.2 Å². The Bertz CT molecular complexity index is 313. The van der Waals surface area contributed by atoms with Crippen molar-refractivity contribution in [3.8, 4) is 0 Å². The molecule has 2 aliphatic rings. The molecule has 0 radical (unpaired) electrons.